The summed E-state index contributed by atoms with van der Waals surface area (Å²) in [7, 11) is 1.94. The summed E-state index contributed by atoms with van der Waals surface area (Å²) < 4.78 is 1.15. The molecule has 1 aromatic heterocycles. The molecule has 1 heterocycles. The lowest BCUT2D eigenvalue weighted by atomic mass is 10.0. The normalized spacial score (nSPS) is 12.7. The Morgan fingerprint density at radius 2 is 2.06 bits per heavy atom. The molecule has 0 saturated carbocycles. The van der Waals surface area contributed by atoms with Gasteiger partial charge in [-0.2, -0.15) is 0 Å². The van der Waals surface area contributed by atoms with Crippen molar-refractivity contribution in [1.29, 1.82) is 0 Å². The molecule has 0 aliphatic carbocycles. The second-order valence-corrected chi connectivity index (χ2v) is 7.31. The Hall–Kier alpha value is -0.0600. The maximum atomic E-state index is 6.24. The average Bonchev–Trinajstić information content (AvgIpc) is 2.72. The Kier molecular flexibility index (Phi) is 5.10. The van der Waals surface area contributed by atoms with E-state index in [1.807, 2.05) is 19.2 Å². The minimum atomic E-state index is 0.195. The molecule has 0 aliphatic heterocycles. The van der Waals surface area contributed by atoms with E-state index in [2.05, 4.69) is 33.4 Å². The van der Waals surface area contributed by atoms with Crippen LogP contribution in [0.3, 0.4) is 0 Å². The molecule has 1 atom stereocenters. The predicted molar refractivity (Wildman–Crippen MR) is 84.0 cm³/mol. The molecule has 2 rings (SSSR count). The third-order valence-electron chi connectivity index (χ3n) is 2.72. The fourth-order valence-electron chi connectivity index (χ4n) is 1.81. The van der Waals surface area contributed by atoms with E-state index < -0.39 is 0 Å². The van der Waals surface area contributed by atoms with Crippen LogP contribution in [0.1, 0.15) is 16.5 Å². The van der Waals surface area contributed by atoms with Crippen molar-refractivity contribution in [2.24, 2.45) is 0 Å². The fourth-order valence-corrected chi connectivity index (χ4v) is 3.88. The van der Waals surface area contributed by atoms with Gasteiger partial charge in [-0.1, -0.05) is 29.3 Å². The summed E-state index contributed by atoms with van der Waals surface area (Å²) in [4.78, 5) is 1.31. The van der Waals surface area contributed by atoms with E-state index in [1.54, 1.807) is 17.4 Å². The summed E-state index contributed by atoms with van der Waals surface area (Å²) in [5.41, 5.74) is 1.08. The van der Waals surface area contributed by atoms with Gasteiger partial charge in [0.2, 0.25) is 0 Å². The first-order valence-corrected chi connectivity index (χ1v) is 7.83. The topological polar surface area (TPSA) is 12.0 Å². The number of halogens is 3. The maximum absolute atomic E-state index is 6.24. The number of nitrogens with one attached hydrogen (secondary N) is 1. The zero-order chi connectivity index (χ0) is 13.1. The molecule has 18 heavy (non-hydrogen) atoms. The van der Waals surface area contributed by atoms with Crippen molar-refractivity contribution in [3.63, 3.8) is 0 Å². The van der Waals surface area contributed by atoms with Crippen molar-refractivity contribution in [3.8, 4) is 0 Å². The summed E-state index contributed by atoms with van der Waals surface area (Å²) in [5, 5.41) is 4.67. The van der Waals surface area contributed by atoms with Crippen LogP contribution in [-0.4, -0.2) is 7.05 Å². The number of hydrogen-bond acceptors (Lipinski definition) is 2. The molecule has 0 fully saturated rings. The van der Waals surface area contributed by atoms with Crippen molar-refractivity contribution in [2.45, 2.75) is 12.5 Å². The Bertz CT molecular complexity index is 542. The van der Waals surface area contributed by atoms with Crippen LogP contribution < -0.4 is 5.32 Å². The third kappa shape index (κ3) is 3.49. The van der Waals surface area contributed by atoms with Gasteiger partial charge < -0.3 is 5.32 Å². The minimum Gasteiger partial charge on any atom is -0.313 e. The fraction of sp³-hybridized carbons (Fsp3) is 0.231. The average molecular weight is 365 g/mol. The monoisotopic (exact) mass is 363 g/mol. The van der Waals surface area contributed by atoms with E-state index in [1.165, 1.54) is 4.88 Å². The first-order chi connectivity index (χ1) is 8.60. The van der Waals surface area contributed by atoms with Crippen LogP contribution in [0.4, 0.5) is 0 Å². The number of hydrogen-bond donors (Lipinski definition) is 1. The highest BCUT2D eigenvalue weighted by Gasteiger charge is 2.14. The molecule has 0 aliphatic rings. The van der Waals surface area contributed by atoms with Crippen LogP contribution in [-0.2, 0) is 6.42 Å². The maximum Gasteiger partial charge on any atom is 0.0701 e. The standard InChI is InChI=1S/C13H12BrCl2NS/c1-17-12(7-9-3-5-13(14)18-9)10-4-2-8(15)6-11(10)16/h2-6,12,17H,7H2,1H3. The highest BCUT2D eigenvalue weighted by Crippen LogP contribution is 2.31. The van der Waals surface area contributed by atoms with Gasteiger partial charge in [-0.3, -0.25) is 0 Å². The summed E-state index contributed by atoms with van der Waals surface area (Å²) in [6.45, 7) is 0. The highest BCUT2D eigenvalue weighted by atomic mass is 79.9. The zero-order valence-electron chi connectivity index (χ0n) is 9.71. The van der Waals surface area contributed by atoms with E-state index in [-0.39, 0.29) is 6.04 Å². The van der Waals surface area contributed by atoms with E-state index >= 15 is 0 Å². The van der Waals surface area contributed by atoms with E-state index in [0.717, 1.165) is 15.8 Å². The lowest BCUT2D eigenvalue weighted by Gasteiger charge is -2.17. The van der Waals surface area contributed by atoms with Crippen LogP contribution in [0.2, 0.25) is 10.0 Å². The van der Waals surface area contributed by atoms with Gasteiger partial charge in [-0.15, -0.1) is 11.3 Å². The van der Waals surface area contributed by atoms with Gasteiger partial charge in [0.1, 0.15) is 0 Å². The molecule has 1 nitrogen and oxygen atoms in total. The molecule has 1 N–H and O–H groups in total. The summed E-state index contributed by atoms with van der Waals surface area (Å²) >= 11 is 17.4. The van der Waals surface area contributed by atoms with Gasteiger partial charge in [0.25, 0.3) is 0 Å². The lowest BCUT2D eigenvalue weighted by Crippen LogP contribution is -2.18. The Labute approximate surface area is 129 Å². The van der Waals surface area contributed by atoms with Gasteiger partial charge in [0, 0.05) is 27.4 Å². The van der Waals surface area contributed by atoms with Crippen molar-refractivity contribution in [1.82, 2.24) is 5.32 Å². The molecule has 0 amide bonds. The van der Waals surface area contributed by atoms with E-state index in [4.69, 9.17) is 23.2 Å². The van der Waals surface area contributed by atoms with Crippen molar-refractivity contribution in [2.75, 3.05) is 7.05 Å². The molecular weight excluding hydrogens is 353 g/mol. The van der Waals surface area contributed by atoms with Gasteiger partial charge >= 0.3 is 0 Å². The number of thiophene rings is 1. The summed E-state index contributed by atoms with van der Waals surface area (Å²) in [6.07, 6.45) is 0.911. The summed E-state index contributed by atoms with van der Waals surface area (Å²) in [6, 6.07) is 10.0. The number of rotatable bonds is 4. The highest BCUT2D eigenvalue weighted by molar-refractivity contribution is 9.11. The number of likely N-dealkylation sites (N-methyl/N-ethyl adjacent to an activating group) is 1. The molecular formula is C13H12BrCl2NS. The Morgan fingerprint density at radius 3 is 2.61 bits per heavy atom. The number of benzene rings is 1. The van der Waals surface area contributed by atoms with E-state index in [0.29, 0.717) is 10.0 Å². The van der Waals surface area contributed by atoms with Crippen LogP contribution in [0.25, 0.3) is 0 Å². The summed E-state index contributed by atoms with van der Waals surface area (Å²) in [5.74, 6) is 0. The first kappa shape index (κ1) is 14.4. The molecule has 0 saturated heterocycles. The van der Waals surface area contributed by atoms with Gasteiger partial charge in [0.15, 0.2) is 0 Å². The molecule has 1 unspecified atom stereocenters. The largest absolute Gasteiger partial charge is 0.313 e. The van der Waals surface area contributed by atoms with Crippen molar-refractivity contribution >= 4 is 50.5 Å². The molecule has 0 radical (unpaired) electrons. The van der Waals surface area contributed by atoms with E-state index in [9.17, 15) is 0 Å². The van der Waals surface area contributed by atoms with Gasteiger partial charge in [-0.25, -0.2) is 0 Å². The zero-order valence-corrected chi connectivity index (χ0v) is 13.6. The Balaban J connectivity index is 2.22. The second-order valence-electron chi connectivity index (χ2n) is 3.92. The van der Waals surface area contributed by atoms with Crippen LogP contribution >= 0.6 is 50.5 Å². The third-order valence-corrected chi connectivity index (χ3v) is 4.93. The van der Waals surface area contributed by atoms with Gasteiger partial charge in [0.05, 0.1) is 3.79 Å². The lowest BCUT2D eigenvalue weighted by molar-refractivity contribution is 0.597. The predicted octanol–water partition coefficient (Wildman–Crippen LogP) is 5.32. The van der Waals surface area contributed by atoms with Crippen LogP contribution in [0, 0.1) is 0 Å². The Morgan fingerprint density at radius 1 is 1.28 bits per heavy atom. The first-order valence-electron chi connectivity index (χ1n) is 5.46. The quantitative estimate of drug-likeness (QED) is 0.773. The SMILES string of the molecule is CNC(Cc1ccc(Br)s1)c1ccc(Cl)cc1Cl. The molecule has 2 aromatic rings. The molecule has 5 heteroatoms. The van der Waals surface area contributed by atoms with Gasteiger partial charge in [-0.05, 0) is 52.8 Å². The minimum absolute atomic E-state index is 0.195. The molecule has 1 aromatic carbocycles. The molecule has 0 spiro atoms. The second kappa shape index (κ2) is 6.40. The molecule has 96 valence electrons. The van der Waals surface area contributed by atoms with Crippen LogP contribution in [0.5, 0.6) is 0 Å². The van der Waals surface area contributed by atoms with Crippen molar-refractivity contribution in [3.05, 3.63) is 54.6 Å². The van der Waals surface area contributed by atoms with Crippen LogP contribution in [0.15, 0.2) is 34.1 Å². The molecule has 0 bridgehead atoms. The van der Waals surface area contributed by atoms with Crippen molar-refractivity contribution < 1.29 is 0 Å². The smallest absolute Gasteiger partial charge is 0.0701 e.